The zero-order chi connectivity index (χ0) is 20.2. The minimum atomic E-state index is -0.0172. The Balaban J connectivity index is 1.47. The topological polar surface area (TPSA) is 60.2 Å². The normalized spacial score (nSPS) is 15.1. The lowest BCUT2D eigenvalue weighted by molar-refractivity contribution is 0.0763. The lowest BCUT2D eigenvalue weighted by Gasteiger charge is -2.22. The highest BCUT2D eigenvalue weighted by molar-refractivity contribution is 6.32. The lowest BCUT2D eigenvalue weighted by Crippen LogP contribution is -2.35. The molecule has 0 aliphatic carbocycles. The van der Waals surface area contributed by atoms with E-state index in [0.717, 1.165) is 31.4 Å². The highest BCUT2D eigenvalue weighted by Gasteiger charge is 2.22. The molecule has 0 unspecified atom stereocenters. The molecule has 3 aromatic rings. The Hall–Kier alpha value is -2.94. The van der Waals surface area contributed by atoms with E-state index < -0.39 is 0 Å². The largest absolute Gasteiger partial charge is 0.337 e. The Morgan fingerprint density at radius 2 is 1.93 bits per heavy atom. The SMILES string of the molecule is N#Cc1ccc(CN2CCCN(C(=O)c3cc(Cl)cc4cccnc34)CC2)cc1. The second-order valence-electron chi connectivity index (χ2n) is 7.26. The van der Waals surface area contributed by atoms with E-state index >= 15 is 0 Å². The van der Waals surface area contributed by atoms with Crippen LogP contribution in [0.4, 0.5) is 0 Å². The Kier molecular flexibility index (Phi) is 5.75. The molecule has 4 rings (SSSR count). The lowest BCUT2D eigenvalue weighted by atomic mass is 10.1. The van der Waals surface area contributed by atoms with Gasteiger partial charge in [-0.15, -0.1) is 0 Å². The van der Waals surface area contributed by atoms with E-state index in [9.17, 15) is 4.79 Å². The molecule has 0 N–H and O–H groups in total. The smallest absolute Gasteiger partial charge is 0.256 e. The second kappa shape index (κ2) is 8.60. The van der Waals surface area contributed by atoms with Crippen LogP contribution in [0.15, 0.2) is 54.7 Å². The van der Waals surface area contributed by atoms with Gasteiger partial charge in [0.1, 0.15) is 0 Å². The third kappa shape index (κ3) is 4.40. The molecule has 0 radical (unpaired) electrons. The molecular formula is C23H21ClN4O. The number of amides is 1. The zero-order valence-electron chi connectivity index (χ0n) is 16.0. The molecule has 0 bridgehead atoms. The monoisotopic (exact) mass is 404 g/mol. The summed E-state index contributed by atoms with van der Waals surface area (Å²) in [5.74, 6) is -0.0172. The van der Waals surface area contributed by atoms with Gasteiger partial charge < -0.3 is 4.90 Å². The summed E-state index contributed by atoms with van der Waals surface area (Å²) in [6.45, 7) is 3.92. The van der Waals surface area contributed by atoms with Crippen molar-refractivity contribution >= 4 is 28.4 Å². The van der Waals surface area contributed by atoms with Crippen LogP contribution in [-0.2, 0) is 6.54 Å². The number of hydrogen-bond acceptors (Lipinski definition) is 4. The molecule has 1 aliphatic heterocycles. The molecule has 2 aromatic carbocycles. The summed E-state index contributed by atoms with van der Waals surface area (Å²) in [6.07, 6.45) is 2.61. The minimum Gasteiger partial charge on any atom is -0.337 e. The van der Waals surface area contributed by atoms with Crippen molar-refractivity contribution < 1.29 is 4.79 Å². The summed E-state index contributed by atoms with van der Waals surface area (Å²) < 4.78 is 0. The fourth-order valence-electron chi connectivity index (χ4n) is 3.76. The number of halogens is 1. The molecule has 1 aromatic heterocycles. The van der Waals surface area contributed by atoms with Crippen LogP contribution in [0, 0.1) is 11.3 Å². The first-order valence-corrected chi connectivity index (χ1v) is 10.1. The van der Waals surface area contributed by atoms with Crippen molar-refractivity contribution in [3.05, 3.63) is 76.4 Å². The summed E-state index contributed by atoms with van der Waals surface area (Å²) >= 11 is 6.25. The van der Waals surface area contributed by atoms with E-state index in [-0.39, 0.29) is 5.91 Å². The summed E-state index contributed by atoms with van der Waals surface area (Å²) in [4.78, 5) is 21.9. The Morgan fingerprint density at radius 3 is 2.72 bits per heavy atom. The van der Waals surface area contributed by atoms with Gasteiger partial charge in [0.2, 0.25) is 0 Å². The predicted molar refractivity (Wildman–Crippen MR) is 114 cm³/mol. The molecule has 0 atom stereocenters. The number of carbonyl (C=O) groups is 1. The first kappa shape index (κ1) is 19.4. The van der Waals surface area contributed by atoms with Gasteiger partial charge in [-0.2, -0.15) is 5.26 Å². The van der Waals surface area contributed by atoms with Gasteiger partial charge >= 0.3 is 0 Å². The second-order valence-corrected chi connectivity index (χ2v) is 7.70. The number of pyridine rings is 1. The molecule has 6 heteroatoms. The molecule has 5 nitrogen and oxygen atoms in total. The minimum absolute atomic E-state index is 0.0172. The van der Waals surface area contributed by atoms with E-state index in [0.29, 0.717) is 34.8 Å². The van der Waals surface area contributed by atoms with Gasteiger partial charge in [0.25, 0.3) is 5.91 Å². The number of hydrogen-bond donors (Lipinski definition) is 0. The number of carbonyl (C=O) groups excluding carboxylic acids is 1. The molecule has 1 aliphatic rings. The van der Waals surface area contributed by atoms with Crippen molar-refractivity contribution in [1.29, 1.82) is 5.26 Å². The molecule has 0 saturated carbocycles. The summed E-state index contributed by atoms with van der Waals surface area (Å²) in [7, 11) is 0. The average molecular weight is 405 g/mol. The van der Waals surface area contributed by atoms with Crippen LogP contribution in [0.25, 0.3) is 10.9 Å². The maximum absolute atomic E-state index is 13.2. The van der Waals surface area contributed by atoms with Crippen molar-refractivity contribution in [3.8, 4) is 6.07 Å². The van der Waals surface area contributed by atoms with Crippen LogP contribution in [0.5, 0.6) is 0 Å². The Morgan fingerprint density at radius 1 is 1.10 bits per heavy atom. The van der Waals surface area contributed by atoms with E-state index in [4.69, 9.17) is 16.9 Å². The standard InChI is InChI=1S/C23H21ClN4O/c24-20-13-19-3-1-8-26-22(19)21(14-20)23(29)28-10-2-9-27(11-12-28)16-18-6-4-17(15-25)5-7-18/h1,3-8,13-14H,2,9-12,16H2. The summed E-state index contributed by atoms with van der Waals surface area (Å²) in [5, 5.41) is 10.4. The number of benzene rings is 2. The van der Waals surface area contributed by atoms with Gasteiger partial charge in [-0.3, -0.25) is 14.7 Å². The first-order chi connectivity index (χ1) is 14.1. The van der Waals surface area contributed by atoms with Crippen LogP contribution < -0.4 is 0 Å². The zero-order valence-corrected chi connectivity index (χ0v) is 16.8. The molecule has 29 heavy (non-hydrogen) atoms. The summed E-state index contributed by atoms with van der Waals surface area (Å²) in [6, 6.07) is 17.2. The van der Waals surface area contributed by atoms with Gasteiger partial charge in [-0.25, -0.2) is 0 Å². The fraction of sp³-hybridized carbons (Fsp3) is 0.261. The Labute approximate surface area is 175 Å². The maximum Gasteiger partial charge on any atom is 0.256 e. The number of rotatable bonds is 3. The number of nitrogens with zero attached hydrogens (tertiary/aromatic N) is 4. The van der Waals surface area contributed by atoms with Crippen molar-refractivity contribution in [1.82, 2.24) is 14.8 Å². The molecule has 1 fully saturated rings. The van der Waals surface area contributed by atoms with Gasteiger partial charge in [-0.05, 0) is 42.3 Å². The van der Waals surface area contributed by atoms with E-state index in [1.54, 1.807) is 12.3 Å². The maximum atomic E-state index is 13.2. The van der Waals surface area contributed by atoms with Crippen molar-refractivity contribution in [3.63, 3.8) is 0 Å². The Bertz CT molecular complexity index is 1070. The van der Waals surface area contributed by atoms with Crippen LogP contribution in [0.3, 0.4) is 0 Å². The quantitative estimate of drug-likeness (QED) is 0.659. The first-order valence-electron chi connectivity index (χ1n) is 9.69. The highest BCUT2D eigenvalue weighted by atomic mass is 35.5. The molecule has 146 valence electrons. The van der Waals surface area contributed by atoms with E-state index in [1.807, 2.05) is 47.4 Å². The summed E-state index contributed by atoms with van der Waals surface area (Å²) in [5.41, 5.74) is 3.10. The molecular weight excluding hydrogens is 384 g/mol. The van der Waals surface area contributed by atoms with Gasteiger partial charge in [0.15, 0.2) is 0 Å². The van der Waals surface area contributed by atoms with Crippen LogP contribution >= 0.6 is 11.6 Å². The predicted octanol–water partition coefficient (Wildman–Crippen LogP) is 4.11. The van der Waals surface area contributed by atoms with Crippen molar-refractivity contribution in [2.45, 2.75) is 13.0 Å². The van der Waals surface area contributed by atoms with Crippen molar-refractivity contribution in [2.75, 3.05) is 26.2 Å². The van der Waals surface area contributed by atoms with Crippen molar-refractivity contribution in [2.24, 2.45) is 0 Å². The third-order valence-electron chi connectivity index (χ3n) is 5.27. The third-order valence-corrected chi connectivity index (χ3v) is 5.48. The molecule has 1 amide bonds. The number of fused-ring (bicyclic) bond motifs is 1. The van der Waals surface area contributed by atoms with Crippen LogP contribution in [0.2, 0.25) is 5.02 Å². The molecule has 2 heterocycles. The number of nitriles is 1. The van der Waals surface area contributed by atoms with E-state index in [1.165, 1.54) is 5.56 Å². The fourth-order valence-corrected chi connectivity index (χ4v) is 3.99. The van der Waals surface area contributed by atoms with Crippen LogP contribution in [-0.4, -0.2) is 46.9 Å². The van der Waals surface area contributed by atoms with Gasteiger partial charge in [-0.1, -0.05) is 29.8 Å². The molecule has 1 saturated heterocycles. The highest BCUT2D eigenvalue weighted by Crippen LogP contribution is 2.24. The number of aromatic nitrogens is 1. The average Bonchev–Trinajstić information content (AvgIpc) is 2.99. The van der Waals surface area contributed by atoms with Gasteiger partial charge in [0, 0.05) is 49.3 Å². The van der Waals surface area contributed by atoms with Gasteiger partial charge in [0.05, 0.1) is 22.7 Å². The molecule has 0 spiro atoms. The van der Waals surface area contributed by atoms with Crippen LogP contribution in [0.1, 0.15) is 27.9 Å². The van der Waals surface area contributed by atoms with E-state index in [2.05, 4.69) is 16.0 Å².